The van der Waals surface area contributed by atoms with Gasteiger partial charge in [0.2, 0.25) is 0 Å². The second-order valence-corrected chi connectivity index (χ2v) is 5.61. The van der Waals surface area contributed by atoms with E-state index in [1.807, 2.05) is 6.92 Å². The Balaban J connectivity index is 2.01. The smallest absolute Gasteiger partial charge is 0.502 e. The fourth-order valence-electron chi connectivity index (χ4n) is 1.92. The Kier molecular flexibility index (Phi) is 5.28. The lowest BCUT2D eigenvalue weighted by atomic mass is 9.87. The lowest BCUT2D eigenvalue weighted by Gasteiger charge is -2.21. The molecule has 1 aliphatic rings. The molecule has 0 spiro atoms. The van der Waals surface area contributed by atoms with Crippen molar-refractivity contribution in [3.05, 3.63) is 0 Å². The molecule has 0 aromatic rings. The summed E-state index contributed by atoms with van der Waals surface area (Å²) in [5.74, 6) is 0.848. The van der Waals surface area contributed by atoms with Crippen molar-refractivity contribution in [3.8, 4) is 0 Å². The quantitative estimate of drug-likeness (QED) is 0.638. The molecule has 0 amide bonds. The first-order chi connectivity index (χ1) is 6.33. The highest BCUT2D eigenvalue weighted by Gasteiger charge is 2.13. The molecule has 0 radical (unpaired) electrons. The second-order valence-electron chi connectivity index (χ2n) is 3.87. The minimum atomic E-state index is -1.68. The molecule has 0 N–H and O–H groups in total. The van der Waals surface area contributed by atoms with Gasteiger partial charge in [-0.1, -0.05) is 39.0 Å². The summed E-state index contributed by atoms with van der Waals surface area (Å²) in [5, 5.41) is 0. The largest absolute Gasteiger partial charge is 0.524 e. The fourth-order valence-corrected chi connectivity index (χ4v) is 2.47. The van der Waals surface area contributed by atoms with E-state index in [9.17, 15) is 4.46 Å². The third-order valence-corrected chi connectivity index (χ3v) is 3.91. The summed E-state index contributed by atoms with van der Waals surface area (Å²) in [5.41, 5.74) is 0. The molecule has 0 atom stereocenters. The van der Waals surface area contributed by atoms with Crippen molar-refractivity contribution in [2.24, 2.45) is 5.92 Å². The van der Waals surface area contributed by atoms with E-state index in [4.69, 9.17) is 4.43 Å². The van der Waals surface area contributed by atoms with Gasteiger partial charge in [-0.05, 0) is 12.3 Å². The molecule has 1 aliphatic carbocycles. The highest BCUT2D eigenvalue weighted by Crippen LogP contribution is 2.25. The van der Waals surface area contributed by atoms with Crippen molar-refractivity contribution in [2.75, 3.05) is 6.61 Å². The van der Waals surface area contributed by atoms with Gasteiger partial charge in [0.25, 0.3) is 0 Å². The molecule has 1 fully saturated rings. The van der Waals surface area contributed by atoms with Crippen LogP contribution >= 0.6 is 0 Å². The standard InChI is InChI=1S/C10H20O2Si/c1-2-13(11)12-9-8-10-6-4-3-5-7-10/h10H,2-9H2,1H3. The molecule has 0 bridgehead atoms. The Labute approximate surface area is 82.5 Å². The van der Waals surface area contributed by atoms with Crippen molar-refractivity contribution >= 4 is 8.93 Å². The predicted molar refractivity (Wildman–Crippen MR) is 54.1 cm³/mol. The van der Waals surface area contributed by atoms with Crippen LogP contribution in [0.3, 0.4) is 0 Å². The van der Waals surface area contributed by atoms with Gasteiger partial charge in [0.05, 0.1) is 6.61 Å². The van der Waals surface area contributed by atoms with Gasteiger partial charge in [-0.3, -0.25) is 0 Å². The summed E-state index contributed by atoms with van der Waals surface area (Å²) < 4.78 is 16.3. The lowest BCUT2D eigenvalue weighted by Crippen LogP contribution is -2.12. The fraction of sp³-hybridized carbons (Fsp3) is 1.00. The van der Waals surface area contributed by atoms with Crippen LogP contribution in [0.1, 0.15) is 45.4 Å². The number of hydrogen-bond acceptors (Lipinski definition) is 2. The van der Waals surface area contributed by atoms with Crippen LogP contribution < -0.4 is 0 Å². The first kappa shape index (κ1) is 10.9. The van der Waals surface area contributed by atoms with E-state index in [0.717, 1.165) is 18.9 Å². The molecule has 13 heavy (non-hydrogen) atoms. The Morgan fingerprint density at radius 3 is 2.62 bits per heavy atom. The summed E-state index contributed by atoms with van der Waals surface area (Å²) in [6.07, 6.45) is 8.01. The highest BCUT2D eigenvalue weighted by atomic mass is 28.3. The van der Waals surface area contributed by atoms with Crippen LogP contribution in [0.4, 0.5) is 0 Å². The zero-order valence-electron chi connectivity index (χ0n) is 8.55. The van der Waals surface area contributed by atoms with Gasteiger partial charge in [-0.15, -0.1) is 0 Å². The van der Waals surface area contributed by atoms with Crippen molar-refractivity contribution < 1.29 is 8.89 Å². The molecule has 0 aliphatic heterocycles. The molecule has 3 heteroatoms. The van der Waals surface area contributed by atoms with Crippen LogP contribution in [-0.2, 0) is 8.89 Å². The summed E-state index contributed by atoms with van der Waals surface area (Å²) in [6, 6.07) is 0.690. The maximum Gasteiger partial charge on any atom is 0.502 e. The Morgan fingerprint density at radius 1 is 1.31 bits per heavy atom. The average molecular weight is 200 g/mol. The molecule has 0 unspecified atom stereocenters. The van der Waals surface area contributed by atoms with Gasteiger partial charge in [0.15, 0.2) is 0 Å². The van der Waals surface area contributed by atoms with Crippen LogP contribution in [0, 0.1) is 5.92 Å². The van der Waals surface area contributed by atoms with Gasteiger partial charge >= 0.3 is 8.93 Å². The topological polar surface area (TPSA) is 26.3 Å². The van der Waals surface area contributed by atoms with Crippen molar-refractivity contribution in [2.45, 2.75) is 51.5 Å². The SMILES string of the molecule is CC[Si](=O)OCCC1CCCCC1. The second kappa shape index (κ2) is 6.30. The Bertz CT molecular complexity index is 153. The lowest BCUT2D eigenvalue weighted by molar-refractivity contribution is 0.233. The van der Waals surface area contributed by atoms with E-state index in [0.29, 0.717) is 6.04 Å². The van der Waals surface area contributed by atoms with Crippen LogP contribution in [-0.4, -0.2) is 15.5 Å². The number of rotatable bonds is 5. The predicted octanol–water partition coefficient (Wildman–Crippen LogP) is 2.91. The first-order valence-corrected chi connectivity index (χ1v) is 7.01. The monoisotopic (exact) mass is 200 g/mol. The molecule has 0 aromatic carbocycles. The van der Waals surface area contributed by atoms with Crippen LogP contribution in [0.5, 0.6) is 0 Å². The summed E-state index contributed by atoms with van der Waals surface area (Å²) in [6.45, 7) is 2.64. The van der Waals surface area contributed by atoms with Crippen molar-refractivity contribution in [3.63, 3.8) is 0 Å². The zero-order valence-corrected chi connectivity index (χ0v) is 9.55. The Morgan fingerprint density at radius 2 is 2.00 bits per heavy atom. The van der Waals surface area contributed by atoms with Crippen molar-refractivity contribution in [1.82, 2.24) is 0 Å². The maximum absolute atomic E-state index is 11.0. The third kappa shape index (κ3) is 4.55. The average Bonchev–Trinajstić information content (AvgIpc) is 2.19. The third-order valence-electron chi connectivity index (χ3n) is 2.80. The van der Waals surface area contributed by atoms with Gasteiger partial charge in [0, 0.05) is 6.04 Å². The molecular formula is C10H20O2Si. The van der Waals surface area contributed by atoms with E-state index in [1.165, 1.54) is 32.1 Å². The molecule has 0 saturated heterocycles. The van der Waals surface area contributed by atoms with E-state index < -0.39 is 8.93 Å². The van der Waals surface area contributed by atoms with E-state index in [2.05, 4.69) is 0 Å². The maximum atomic E-state index is 11.0. The minimum absolute atomic E-state index is 0.690. The van der Waals surface area contributed by atoms with Gasteiger partial charge in [-0.2, -0.15) is 0 Å². The normalized spacial score (nSPS) is 18.5. The summed E-state index contributed by atoms with van der Waals surface area (Å²) in [7, 11) is -1.68. The molecule has 0 heterocycles. The Hall–Kier alpha value is -0.183. The van der Waals surface area contributed by atoms with Gasteiger partial charge < -0.3 is 8.89 Å². The van der Waals surface area contributed by atoms with E-state index in [1.54, 1.807) is 0 Å². The van der Waals surface area contributed by atoms with E-state index >= 15 is 0 Å². The van der Waals surface area contributed by atoms with Crippen LogP contribution in [0.25, 0.3) is 0 Å². The zero-order chi connectivity index (χ0) is 9.52. The molecule has 0 aromatic heterocycles. The van der Waals surface area contributed by atoms with Crippen molar-refractivity contribution in [1.29, 1.82) is 0 Å². The van der Waals surface area contributed by atoms with Gasteiger partial charge in [-0.25, -0.2) is 0 Å². The van der Waals surface area contributed by atoms with Crippen LogP contribution in [0.2, 0.25) is 6.04 Å². The van der Waals surface area contributed by atoms with E-state index in [-0.39, 0.29) is 0 Å². The number of hydrogen-bond donors (Lipinski definition) is 0. The van der Waals surface area contributed by atoms with Crippen LogP contribution in [0.15, 0.2) is 0 Å². The van der Waals surface area contributed by atoms with Gasteiger partial charge in [0.1, 0.15) is 0 Å². The molecule has 1 rings (SSSR count). The molecule has 1 saturated carbocycles. The molecule has 76 valence electrons. The summed E-state index contributed by atoms with van der Waals surface area (Å²) in [4.78, 5) is 0. The minimum Gasteiger partial charge on any atom is -0.524 e. The molecular weight excluding hydrogens is 180 g/mol. The first-order valence-electron chi connectivity index (χ1n) is 5.48. The summed E-state index contributed by atoms with van der Waals surface area (Å²) >= 11 is 0. The highest BCUT2D eigenvalue weighted by molar-refractivity contribution is 6.34. The molecule has 2 nitrogen and oxygen atoms in total.